The molecule has 2 rings (SSSR count). The maximum absolute atomic E-state index is 12.2. The third kappa shape index (κ3) is 2.99. The van der Waals surface area contributed by atoms with Gasteiger partial charge in [-0.2, -0.15) is 5.10 Å². The van der Waals surface area contributed by atoms with Crippen molar-refractivity contribution in [3.8, 4) is 0 Å². The highest BCUT2D eigenvalue weighted by molar-refractivity contribution is 6.06. The fourth-order valence-corrected chi connectivity index (χ4v) is 2.06. The summed E-state index contributed by atoms with van der Waals surface area (Å²) < 4.78 is 0. The quantitative estimate of drug-likeness (QED) is 0.782. The molecule has 0 bridgehead atoms. The number of amides is 1. The summed E-state index contributed by atoms with van der Waals surface area (Å²) in [4.78, 5) is 12.2. The molecule has 0 spiro atoms. The molecule has 0 unspecified atom stereocenters. The topological polar surface area (TPSA) is 83.8 Å². The lowest BCUT2D eigenvalue weighted by molar-refractivity contribution is 0.102. The Morgan fingerprint density at radius 1 is 1.40 bits per heavy atom. The lowest BCUT2D eigenvalue weighted by atomic mass is 10.1. The third-order valence-electron chi connectivity index (χ3n) is 3.19. The lowest BCUT2D eigenvalue weighted by Crippen LogP contribution is -2.14. The van der Waals surface area contributed by atoms with Gasteiger partial charge in [-0.15, -0.1) is 0 Å². The average Bonchev–Trinajstić information content (AvgIpc) is 2.81. The summed E-state index contributed by atoms with van der Waals surface area (Å²) in [7, 11) is 0. The van der Waals surface area contributed by atoms with E-state index in [0.29, 0.717) is 5.69 Å². The van der Waals surface area contributed by atoms with Gasteiger partial charge in [0.2, 0.25) is 0 Å². The highest BCUT2D eigenvalue weighted by Gasteiger charge is 2.16. The number of carbonyl (C=O) groups is 1. The van der Waals surface area contributed by atoms with Crippen LogP contribution in [0.25, 0.3) is 0 Å². The number of anilines is 2. The number of rotatable bonds is 5. The summed E-state index contributed by atoms with van der Waals surface area (Å²) in [5, 5.41) is 9.67. The predicted octanol–water partition coefficient (Wildman–Crippen LogP) is 2.76. The number of hydrogen-bond acceptors (Lipinski definition) is 3. The minimum Gasteiger partial charge on any atom is -0.395 e. The number of hydrogen-bond donors (Lipinski definition) is 3. The second-order valence-corrected chi connectivity index (χ2v) is 4.72. The molecule has 106 valence electrons. The van der Waals surface area contributed by atoms with Gasteiger partial charge in [0.1, 0.15) is 0 Å². The van der Waals surface area contributed by atoms with Crippen LogP contribution in [0, 0.1) is 0 Å². The van der Waals surface area contributed by atoms with Crippen LogP contribution in [0.3, 0.4) is 0 Å². The van der Waals surface area contributed by atoms with Gasteiger partial charge in [0, 0.05) is 5.69 Å². The van der Waals surface area contributed by atoms with E-state index in [0.717, 1.165) is 30.6 Å². The summed E-state index contributed by atoms with van der Waals surface area (Å²) in [6, 6.07) is 7.75. The van der Waals surface area contributed by atoms with Gasteiger partial charge in [-0.1, -0.05) is 32.4 Å². The molecule has 2 aromatic rings. The zero-order valence-corrected chi connectivity index (χ0v) is 11.9. The molecular formula is C15H20N4O. The molecule has 0 fully saturated rings. The van der Waals surface area contributed by atoms with Gasteiger partial charge >= 0.3 is 0 Å². The number of aromatic nitrogens is 2. The van der Waals surface area contributed by atoms with E-state index in [1.165, 1.54) is 5.56 Å². The van der Waals surface area contributed by atoms with Gasteiger partial charge in [0.15, 0.2) is 5.69 Å². The molecule has 0 saturated carbocycles. The third-order valence-corrected chi connectivity index (χ3v) is 3.19. The van der Waals surface area contributed by atoms with Crippen LogP contribution >= 0.6 is 0 Å². The molecule has 0 aliphatic carbocycles. The van der Waals surface area contributed by atoms with Gasteiger partial charge in [0.05, 0.1) is 11.4 Å². The number of nitrogens with zero attached hydrogens (tertiary/aromatic N) is 1. The van der Waals surface area contributed by atoms with Crippen LogP contribution in [0.2, 0.25) is 0 Å². The first-order valence-corrected chi connectivity index (χ1v) is 6.88. The molecule has 0 radical (unpaired) electrons. The molecule has 1 aromatic heterocycles. The van der Waals surface area contributed by atoms with Crippen molar-refractivity contribution in [3.05, 3.63) is 41.2 Å². The van der Waals surface area contributed by atoms with Crippen LogP contribution in [-0.2, 0) is 12.8 Å². The first kappa shape index (κ1) is 14.1. The van der Waals surface area contributed by atoms with Crippen molar-refractivity contribution in [2.24, 2.45) is 0 Å². The Kier molecular flexibility index (Phi) is 4.40. The number of nitrogen functional groups attached to an aromatic ring is 1. The van der Waals surface area contributed by atoms with E-state index in [9.17, 15) is 4.79 Å². The van der Waals surface area contributed by atoms with Gasteiger partial charge in [-0.25, -0.2) is 0 Å². The van der Waals surface area contributed by atoms with Crippen LogP contribution in [0.1, 0.15) is 42.0 Å². The van der Waals surface area contributed by atoms with Crippen LogP contribution in [0.15, 0.2) is 24.3 Å². The second-order valence-electron chi connectivity index (χ2n) is 4.72. The van der Waals surface area contributed by atoms with Crippen LogP contribution in [0.4, 0.5) is 11.4 Å². The smallest absolute Gasteiger partial charge is 0.278 e. The molecule has 0 atom stereocenters. The Morgan fingerprint density at radius 2 is 2.20 bits per heavy atom. The Balaban J connectivity index is 2.15. The zero-order valence-electron chi connectivity index (χ0n) is 11.9. The highest BCUT2D eigenvalue weighted by atomic mass is 16.2. The second kappa shape index (κ2) is 6.23. The molecule has 5 nitrogen and oxygen atoms in total. The minimum absolute atomic E-state index is 0.260. The van der Waals surface area contributed by atoms with E-state index < -0.39 is 0 Å². The number of aryl methyl sites for hydroxylation is 2. The van der Waals surface area contributed by atoms with Crippen LogP contribution < -0.4 is 11.1 Å². The summed E-state index contributed by atoms with van der Waals surface area (Å²) in [6.07, 6.45) is 2.67. The Morgan fingerprint density at radius 3 is 2.90 bits per heavy atom. The molecule has 0 aliphatic heterocycles. The Hall–Kier alpha value is -2.30. The standard InChI is InChI=1S/C15H20N4O/c1-3-6-12-13(16)14(19-18-12)15(20)17-11-8-5-7-10(4-2)9-11/h5,7-9H,3-4,6,16H2,1-2H3,(H,17,20)(H,18,19). The average molecular weight is 272 g/mol. The molecule has 4 N–H and O–H groups in total. The lowest BCUT2D eigenvalue weighted by Gasteiger charge is -2.05. The Labute approximate surface area is 118 Å². The molecule has 1 amide bonds. The maximum atomic E-state index is 12.2. The zero-order chi connectivity index (χ0) is 14.5. The molecule has 0 aliphatic rings. The number of carbonyl (C=O) groups excluding carboxylic acids is 1. The van der Waals surface area contributed by atoms with E-state index in [1.54, 1.807) is 0 Å². The Bertz CT molecular complexity index is 604. The van der Waals surface area contributed by atoms with Crippen LogP contribution in [-0.4, -0.2) is 16.1 Å². The van der Waals surface area contributed by atoms with E-state index in [2.05, 4.69) is 29.4 Å². The van der Waals surface area contributed by atoms with E-state index in [1.807, 2.05) is 24.3 Å². The molecule has 0 saturated heterocycles. The molecule has 5 heteroatoms. The summed E-state index contributed by atoms with van der Waals surface area (Å²) in [5.41, 5.74) is 9.39. The molecule has 20 heavy (non-hydrogen) atoms. The number of nitrogens with one attached hydrogen (secondary N) is 2. The van der Waals surface area contributed by atoms with E-state index in [-0.39, 0.29) is 11.6 Å². The molecular weight excluding hydrogens is 252 g/mol. The van der Waals surface area contributed by atoms with Crippen molar-refractivity contribution < 1.29 is 4.79 Å². The molecule has 1 heterocycles. The van der Waals surface area contributed by atoms with Crippen molar-refractivity contribution in [1.29, 1.82) is 0 Å². The summed E-state index contributed by atoms with van der Waals surface area (Å²) >= 11 is 0. The van der Waals surface area contributed by atoms with E-state index >= 15 is 0 Å². The first-order chi connectivity index (χ1) is 9.65. The number of nitrogens with two attached hydrogens (primary N) is 1. The van der Waals surface area contributed by atoms with Gasteiger partial charge in [0.25, 0.3) is 5.91 Å². The highest BCUT2D eigenvalue weighted by Crippen LogP contribution is 2.18. The summed E-state index contributed by atoms with van der Waals surface area (Å²) in [5.74, 6) is -0.283. The largest absolute Gasteiger partial charge is 0.395 e. The minimum atomic E-state index is -0.283. The van der Waals surface area contributed by atoms with Gasteiger partial charge in [-0.3, -0.25) is 9.89 Å². The van der Waals surface area contributed by atoms with Crippen molar-refractivity contribution in [2.45, 2.75) is 33.1 Å². The fraction of sp³-hybridized carbons (Fsp3) is 0.333. The predicted molar refractivity (Wildman–Crippen MR) is 80.8 cm³/mol. The maximum Gasteiger partial charge on any atom is 0.278 e. The summed E-state index contributed by atoms with van der Waals surface area (Å²) in [6.45, 7) is 4.12. The van der Waals surface area contributed by atoms with E-state index in [4.69, 9.17) is 5.73 Å². The van der Waals surface area contributed by atoms with Gasteiger partial charge in [-0.05, 0) is 30.5 Å². The number of benzene rings is 1. The fourth-order valence-electron chi connectivity index (χ4n) is 2.06. The normalized spacial score (nSPS) is 10.5. The van der Waals surface area contributed by atoms with Crippen molar-refractivity contribution in [1.82, 2.24) is 10.2 Å². The SMILES string of the molecule is CCCc1[nH]nc(C(=O)Nc2cccc(CC)c2)c1N. The van der Waals surface area contributed by atoms with Crippen molar-refractivity contribution in [2.75, 3.05) is 11.1 Å². The molecule has 1 aromatic carbocycles. The monoisotopic (exact) mass is 272 g/mol. The number of H-pyrrole nitrogens is 1. The van der Waals surface area contributed by atoms with Crippen molar-refractivity contribution >= 4 is 17.3 Å². The van der Waals surface area contributed by atoms with Crippen molar-refractivity contribution in [3.63, 3.8) is 0 Å². The number of aromatic amines is 1. The first-order valence-electron chi connectivity index (χ1n) is 6.88. The van der Waals surface area contributed by atoms with Gasteiger partial charge < -0.3 is 11.1 Å². The van der Waals surface area contributed by atoms with Crippen LogP contribution in [0.5, 0.6) is 0 Å².